The number of benzene rings is 2. The molecule has 34 heavy (non-hydrogen) atoms. The second kappa shape index (κ2) is 9.50. The molecule has 1 atom stereocenters. The summed E-state index contributed by atoms with van der Waals surface area (Å²) >= 11 is 3.44. The first kappa shape index (κ1) is 23.1. The fourth-order valence-corrected chi connectivity index (χ4v) is 5.06. The van der Waals surface area contributed by atoms with Crippen LogP contribution in [0, 0.1) is 5.92 Å². The number of halogens is 1. The molecule has 178 valence electrons. The molecular weight excluding hydrogens is 496 g/mol. The quantitative estimate of drug-likeness (QED) is 0.498. The summed E-state index contributed by atoms with van der Waals surface area (Å²) in [4.78, 5) is 19.9. The van der Waals surface area contributed by atoms with Crippen molar-refractivity contribution in [3.05, 3.63) is 64.5 Å². The van der Waals surface area contributed by atoms with Gasteiger partial charge in [0.2, 0.25) is 17.6 Å². The van der Waals surface area contributed by atoms with Crippen LogP contribution in [0.1, 0.15) is 50.6 Å². The molecule has 0 saturated carbocycles. The highest BCUT2D eigenvalue weighted by molar-refractivity contribution is 9.10. The standard InChI is InChI=1S/C26H29BrN4O3/c1-26(2)15-21(20-5-3-4-6-22(20)33-26)28-25(32)18-11-13-31(14-12-18)16-23-29-24(30-34-23)17-7-9-19(27)10-8-17/h3-10,18,21H,11-16H2,1-2H3,(H,28,32). The molecule has 0 radical (unpaired) electrons. The first-order chi connectivity index (χ1) is 16.4. The van der Waals surface area contributed by atoms with Gasteiger partial charge in [-0.3, -0.25) is 9.69 Å². The molecule has 1 N–H and O–H groups in total. The molecule has 5 rings (SSSR count). The number of piperidine rings is 1. The van der Waals surface area contributed by atoms with Crippen molar-refractivity contribution < 1.29 is 14.1 Å². The first-order valence-electron chi connectivity index (χ1n) is 11.8. The molecular formula is C26H29BrN4O3. The highest BCUT2D eigenvalue weighted by atomic mass is 79.9. The highest BCUT2D eigenvalue weighted by Gasteiger charge is 2.36. The van der Waals surface area contributed by atoms with Gasteiger partial charge < -0.3 is 14.6 Å². The fraction of sp³-hybridized carbons (Fsp3) is 0.423. The summed E-state index contributed by atoms with van der Waals surface area (Å²) < 4.78 is 12.6. The van der Waals surface area contributed by atoms with Gasteiger partial charge in [0.05, 0.1) is 12.6 Å². The number of carbonyl (C=O) groups excluding carboxylic acids is 1. The third-order valence-corrected chi connectivity index (χ3v) is 7.11. The van der Waals surface area contributed by atoms with E-state index in [2.05, 4.69) is 50.1 Å². The average Bonchev–Trinajstić information content (AvgIpc) is 3.27. The van der Waals surface area contributed by atoms with Crippen molar-refractivity contribution >= 4 is 21.8 Å². The largest absolute Gasteiger partial charge is 0.487 e. The lowest BCUT2D eigenvalue weighted by molar-refractivity contribution is -0.127. The maximum atomic E-state index is 13.1. The number of carbonyl (C=O) groups is 1. The zero-order chi connectivity index (χ0) is 23.7. The molecule has 0 aliphatic carbocycles. The summed E-state index contributed by atoms with van der Waals surface area (Å²) in [6.07, 6.45) is 2.38. The number of hydrogen-bond acceptors (Lipinski definition) is 6. The molecule has 1 aromatic heterocycles. The summed E-state index contributed by atoms with van der Waals surface area (Å²) in [5.41, 5.74) is 1.67. The highest BCUT2D eigenvalue weighted by Crippen LogP contribution is 2.39. The number of rotatable bonds is 5. The molecule has 1 amide bonds. The van der Waals surface area contributed by atoms with E-state index in [-0.39, 0.29) is 23.5 Å². The van der Waals surface area contributed by atoms with Gasteiger partial charge in [0.1, 0.15) is 11.4 Å². The molecule has 1 saturated heterocycles. The second-order valence-electron chi connectivity index (χ2n) is 9.73. The molecule has 3 aromatic rings. The predicted molar refractivity (Wildman–Crippen MR) is 132 cm³/mol. The Morgan fingerprint density at radius 2 is 1.88 bits per heavy atom. The maximum Gasteiger partial charge on any atom is 0.241 e. The molecule has 2 aliphatic rings. The van der Waals surface area contributed by atoms with Gasteiger partial charge in [0, 0.05) is 27.9 Å². The molecule has 3 heterocycles. The minimum atomic E-state index is -0.311. The summed E-state index contributed by atoms with van der Waals surface area (Å²) in [5.74, 6) is 2.20. The lowest BCUT2D eigenvalue weighted by Gasteiger charge is -2.39. The molecule has 7 nitrogen and oxygen atoms in total. The van der Waals surface area contributed by atoms with Crippen LogP contribution in [-0.2, 0) is 11.3 Å². The number of nitrogens with zero attached hydrogens (tertiary/aromatic N) is 3. The molecule has 2 aromatic carbocycles. The van der Waals surface area contributed by atoms with Gasteiger partial charge in [-0.05, 0) is 70.1 Å². The second-order valence-corrected chi connectivity index (χ2v) is 10.6. The summed E-state index contributed by atoms with van der Waals surface area (Å²) in [7, 11) is 0. The Morgan fingerprint density at radius 3 is 2.65 bits per heavy atom. The van der Waals surface area contributed by atoms with Crippen molar-refractivity contribution in [1.29, 1.82) is 0 Å². The van der Waals surface area contributed by atoms with Gasteiger partial charge in [-0.2, -0.15) is 4.98 Å². The number of amides is 1. The van der Waals surface area contributed by atoms with Crippen LogP contribution >= 0.6 is 15.9 Å². The summed E-state index contributed by atoms with van der Waals surface area (Å²) in [6, 6.07) is 15.8. The topological polar surface area (TPSA) is 80.5 Å². The van der Waals surface area contributed by atoms with E-state index in [0.29, 0.717) is 18.3 Å². The molecule has 2 aliphatic heterocycles. The zero-order valence-corrected chi connectivity index (χ0v) is 21.0. The van der Waals surface area contributed by atoms with Gasteiger partial charge in [-0.1, -0.05) is 39.3 Å². The van der Waals surface area contributed by atoms with Crippen LogP contribution in [-0.4, -0.2) is 39.6 Å². The van der Waals surface area contributed by atoms with Gasteiger partial charge in [0.15, 0.2) is 0 Å². The van der Waals surface area contributed by atoms with Gasteiger partial charge in [0.25, 0.3) is 0 Å². The van der Waals surface area contributed by atoms with Crippen LogP contribution in [0.15, 0.2) is 57.5 Å². The number of aromatic nitrogens is 2. The molecule has 8 heteroatoms. The number of nitrogens with one attached hydrogen (secondary N) is 1. The third-order valence-electron chi connectivity index (χ3n) is 6.58. The van der Waals surface area contributed by atoms with E-state index in [0.717, 1.165) is 53.7 Å². The van der Waals surface area contributed by atoms with E-state index in [1.165, 1.54) is 0 Å². The summed E-state index contributed by atoms with van der Waals surface area (Å²) in [6.45, 7) is 6.38. The van der Waals surface area contributed by atoms with Crippen molar-refractivity contribution in [1.82, 2.24) is 20.4 Å². The number of likely N-dealkylation sites (tertiary alicyclic amines) is 1. The number of ether oxygens (including phenoxy) is 1. The monoisotopic (exact) mass is 524 g/mol. The van der Waals surface area contributed by atoms with Crippen molar-refractivity contribution in [2.75, 3.05) is 13.1 Å². The Kier molecular flexibility index (Phi) is 6.44. The van der Waals surface area contributed by atoms with E-state index in [9.17, 15) is 4.79 Å². The van der Waals surface area contributed by atoms with Crippen LogP contribution in [0.5, 0.6) is 5.75 Å². The van der Waals surface area contributed by atoms with Gasteiger partial charge in [-0.25, -0.2) is 0 Å². The van der Waals surface area contributed by atoms with Crippen molar-refractivity contribution in [3.8, 4) is 17.1 Å². The predicted octanol–water partition coefficient (Wildman–Crippen LogP) is 5.13. The minimum Gasteiger partial charge on any atom is -0.487 e. The van der Waals surface area contributed by atoms with Crippen LogP contribution in [0.25, 0.3) is 11.4 Å². The normalized spacial score (nSPS) is 20.4. The Morgan fingerprint density at radius 1 is 1.15 bits per heavy atom. The van der Waals surface area contributed by atoms with Crippen molar-refractivity contribution in [3.63, 3.8) is 0 Å². The van der Waals surface area contributed by atoms with Crippen LogP contribution in [0.4, 0.5) is 0 Å². The third kappa shape index (κ3) is 5.18. The van der Waals surface area contributed by atoms with Gasteiger partial charge >= 0.3 is 0 Å². The van der Waals surface area contributed by atoms with E-state index in [4.69, 9.17) is 9.26 Å². The van der Waals surface area contributed by atoms with E-state index in [1.54, 1.807) is 0 Å². The maximum absolute atomic E-state index is 13.1. The van der Waals surface area contributed by atoms with E-state index < -0.39 is 0 Å². The average molecular weight is 525 g/mol. The lowest BCUT2D eigenvalue weighted by Crippen LogP contribution is -2.45. The Labute approximate surface area is 208 Å². The van der Waals surface area contributed by atoms with Crippen LogP contribution in [0.2, 0.25) is 0 Å². The Balaban J connectivity index is 1.15. The molecule has 1 fully saturated rings. The Bertz CT molecular complexity index is 1150. The van der Waals surface area contributed by atoms with Crippen molar-refractivity contribution in [2.45, 2.75) is 51.3 Å². The zero-order valence-electron chi connectivity index (χ0n) is 19.5. The van der Waals surface area contributed by atoms with Crippen molar-refractivity contribution in [2.24, 2.45) is 5.92 Å². The minimum absolute atomic E-state index is 0.00961. The van der Waals surface area contributed by atoms with Gasteiger partial charge in [-0.15, -0.1) is 0 Å². The van der Waals surface area contributed by atoms with Crippen LogP contribution in [0.3, 0.4) is 0 Å². The first-order valence-corrected chi connectivity index (χ1v) is 12.5. The number of fused-ring (bicyclic) bond motifs is 1. The fourth-order valence-electron chi connectivity index (χ4n) is 4.80. The smallest absolute Gasteiger partial charge is 0.241 e. The Hall–Kier alpha value is -2.71. The summed E-state index contributed by atoms with van der Waals surface area (Å²) in [5, 5.41) is 7.43. The SMILES string of the molecule is CC1(C)CC(NC(=O)C2CCN(Cc3nc(-c4ccc(Br)cc4)no3)CC2)c2ccccc2O1. The van der Waals surface area contributed by atoms with E-state index >= 15 is 0 Å². The molecule has 1 unspecified atom stereocenters. The lowest BCUT2D eigenvalue weighted by atomic mass is 9.88. The molecule has 0 spiro atoms. The van der Waals surface area contributed by atoms with E-state index in [1.807, 2.05) is 48.5 Å². The van der Waals surface area contributed by atoms with Crippen LogP contribution < -0.4 is 10.1 Å². The number of para-hydroxylation sites is 1. The number of hydrogen-bond donors (Lipinski definition) is 1. The molecule has 0 bridgehead atoms.